The molecule has 4 nitrogen and oxygen atoms in total. The van der Waals surface area contributed by atoms with Gasteiger partial charge >= 0.3 is 0 Å². The summed E-state index contributed by atoms with van der Waals surface area (Å²) in [5.41, 5.74) is 7.21. The first kappa shape index (κ1) is 16.0. The number of hydrogen-bond donors (Lipinski definition) is 1. The zero-order valence-corrected chi connectivity index (χ0v) is 14.3. The van der Waals surface area contributed by atoms with Gasteiger partial charge in [-0.3, -0.25) is 4.79 Å². The SMILES string of the molecule is N[C@@H]1CCC[C@H]1CC(=O)N1CCOC(c2cccc(Br)c2)C1. The van der Waals surface area contributed by atoms with E-state index >= 15 is 0 Å². The zero-order valence-electron chi connectivity index (χ0n) is 12.7. The lowest BCUT2D eigenvalue weighted by Crippen LogP contribution is -2.43. The highest BCUT2D eigenvalue weighted by Crippen LogP contribution is 2.29. The van der Waals surface area contributed by atoms with Gasteiger partial charge in [-0.05, 0) is 36.5 Å². The Morgan fingerprint density at radius 2 is 2.27 bits per heavy atom. The van der Waals surface area contributed by atoms with Crippen LogP contribution in [-0.2, 0) is 9.53 Å². The topological polar surface area (TPSA) is 55.6 Å². The molecule has 5 heteroatoms. The summed E-state index contributed by atoms with van der Waals surface area (Å²) in [5, 5.41) is 0. The number of rotatable bonds is 3. The molecule has 1 unspecified atom stereocenters. The van der Waals surface area contributed by atoms with Crippen LogP contribution in [0.15, 0.2) is 28.7 Å². The second-order valence-electron chi connectivity index (χ2n) is 6.31. The lowest BCUT2D eigenvalue weighted by Gasteiger charge is -2.34. The fourth-order valence-electron chi connectivity index (χ4n) is 3.46. The van der Waals surface area contributed by atoms with Crippen molar-refractivity contribution in [2.24, 2.45) is 11.7 Å². The van der Waals surface area contributed by atoms with Crippen molar-refractivity contribution in [2.45, 2.75) is 37.8 Å². The van der Waals surface area contributed by atoms with E-state index in [1.54, 1.807) is 0 Å². The third-order valence-corrected chi connectivity index (χ3v) is 5.29. The maximum atomic E-state index is 12.5. The van der Waals surface area contributed by atoms with Crippen molar-refractivity contribution in [3.63, 3.8) is 0 Å². The van der Waals surface area contributed by atoms with Crippen molar-refractivity contribution in [1.82, 2.24) is 4.90 Å². The molecule has 120 valence electrons. The summed E-state index contributed by atoms with van der Waals surface area (Å²) in [4.78, 5) is 14.5. The minimum Gasteiger partial charge on any atom is -0.370 e. The Morgan fingerprint density at radius 3 is 3.00 bits per heavy atom. The lowest BCUT2D eigenvalue weighted by atomic mass is 9.99. The number of benzene rings is 1. The predicted molar refractivity (Wildman–Crippen MR) is 89.3 cm³/mol. The molecule has 0 radical (unpaired) electrons. The highest BCUT2D eigenvalue weighted by Gasteiger charge is 2.30. The Bertz CT molecular complexity index is 537. The number of hydrogen-bond acceptors (Lipinski definition) is 3. The van der Waals surface area contributed by atoms with E-state index in [0.717, 1.165) is 29.3 Å². The Morgan fingerprint density at radius 1 is 1.41 bits per heavy atom. The van der Waals surface area contributed by atoms with Gasteiger partial charge in [0.2, 0.25) is 5.91 Å². The second-order valence-corrected chi connectivity index (χ2v) is 7.23. The molecule has 1 aliphatic heterocycles. The van der Waals surface area contributed by atoms with Crippen molar-refractivity contribution >= 4 is 21.8 Å². The molecule has 3 rings (SSSR count). The molecule has 1 saturated carbocycles. The number of nitrogens with zero attached hydrogens (tertiary/aromatic N) is 1. The van der Waals surface area contributed by atoms with E-state index in [-0.39, 0.29) is 18.1 Å². The minimum absolute atomic E-state index is 0.0348. The molecule has 1 amide bonds. The highest BCUT2D eigenvalue weighted by molar-refractivity contribution is 9.10. The van der Waals surface area contributed by atoms with Gasteiger partial charge in [0.25, 0.3) is 0 Å². The van der Waals surface area contributed by atoms with E-state index in [1.807, 2.05) is 17.0 Å². The fourth-order valence-corrected chi connectivity index (χ4v) is 3.87. The molecule has 2 fully saturated rings. The van der Waals surface area contributed by atoms with E-state index < -0.39 is 0 Å². The molecule has 22 heavy (non-hydrogen) atoms. The summed E-state index contributed by atoms with van der Waals surface area (Å²) in [6.45, 7) is 1.92. The van der Waals surface area contributed by atoms with Crippen molar-refractivity contribution in [2.75, 3.05) is 19.7 Å². The molecule has 2 N–H and O–H groups in total. The lowest BCUT2D eigenvalue weighted by molar-refractivity contribution is -0.140. The summed E-state index contributed by atoms with van der Waals surface area (Å²) in [7, 11) is 0. The van der Waals surface area contributed by atoms with E-state index in [1.165, 1.54) is 0 Å². The monoisotopic (exact) mass is 366 g/mol. The average Bonchev–Trinajstić information content (AvgIpc) is 2.92. The summed E-state index contributed by atoms with van der Waals surface area (Å²) in [5.74, 6) is 0.588. The van der Waals surface area contributed by atoms with Gasteiger partial charge in [-0.2, -0.15) is 0 Å². The second kappa shape index (κ2) is 7.11. The first-order valence-electron chi connectivity index (χ1n) is 8.04. The molecule has 3 atom stereocenters. The van der Waals surface area contributed by atoms with Crippen molar-refractivity contribution in [1.29, 1.82) is 0 Å². The van der Waals surface area contributed by atoms with Crippen LogP contribution in [0.25, 0.3) is 0 Å². The number of nitrogens with two attached hydrogens (primary N) is 1. The molecule has 2 aliphatic rings. The largest absolute Gasteiger partial charge is 0.370 e. The molecule has 1 aromatic rings. The zero-order chi connectivity index (χ0) is 15.5. The number of carbonyl (C=O) groups excluding carboxylic acids is 1. The van der Waals surface area contributed by atoms with E-state index in [0.29, 0.717) is 32.0 Å². The third-order valence-electron chi connectivity index (χ3n) is 4.79. The van der Waals surface area contributed by atoms with Gasteiger partial charge < -0.3 is 15.4 Å². The summed E-state index contributed by atoms with van der Waals surface area (Å²) in [6.07, 6.45) is 3.86. The van der Waals surface area contributed by atoms with Gasteiger partial charge in [0, 0.05) is 23.5 Å². The van der Waals surface area contributed by atoms with Crippen LogP contribution >= 0.6 is 15.9 Å². The van der Waals surface area contributed by atoms with Crippen LogP contribution in [-0.4, -0.2) is 36.5 Å². The summed E-state index contributed by atoms with van der Waals surface area (Å²) >= 11 is 3.49. The van der Waals surface area contributed by atoms with Gasteiger partial charge in [0.1, 0.15) is 6.10 Å². The number of morpholine rings is 1. The van der Waals surface area contributed by atoms with Crippen LogP contribution < -0.4 is 5.73 Å². The standard InChI is InChI=1S/C17H23BrN2O2/c18-14-5-1-4-13(9-14)16-11-20(7-8-22-16)17(21)10-12-3-2-6-15(12)19/h1,4-5,9,12,15-16H,2-3,6-8,10-11,19H2/t12-,15+,16?/m0/s1. The molecule has 1 aromatic carbocycles. The van der Waals surface area contributed by atoms with Crippen LogP contribution in [0.4, 0.5) is 0 Å². The smallest absolute Gasteiger partial charge is 0.223 e. The number of amides is 1. The molecule has 1 aliphatic carbocycles. The van der Waals surface area contributed by atoms with Crippen molar-refractivity contribution in [3.05, 3.63) is 34.3 Å². The third kappa shape index (κ3) is 3.70. The average molecular weight is 367 g/mol. The quantitative estimate of drug-likeness (QED) is 0.894. The van der Waals surface area contributed by atoms with E-state index in [2.05, 4.69) is 28.1 Å². The molecule has 0 spiro atoms. The van der Waals surface area contributed by atoms with Gasteiger partial charge in [-0.1, -0.05) is 34.5 Å². The summed E-state index contributed by atoms with van der Waals surface area (Å²) in [6, 6.07) is 8.31. The normalized spacial score (nSPS) is 28.8. The van der Waals surface area contributed by atoms with Crippen LogP contribution in [0.5, 0.6) is 0 Å². The molecule has 0 bridgehead atoms. The van der Waals surface area contributed by atoms with Crippen LogP contribution in [0, 0.1) is 5.92 Å². The number of carbonyl (C=O) groups is 1. The maximum Gasteiger partial charge on any atom is 0.223 e. The Kier molecular flexibility index (Phi) is 5.16. The number of ether oxygens (including phenoxy) is 1. The van der Waals surface area contributed by atoms with E-state index in [4.69, 9.17) is 10.5 Å². The van der Waals surface area contributed by atoms with Gasteiger partial charge in [-0.25, -0.2) is 0 Å². The van der Waals surface area contributed by atoms with E-state index in [9.17, 15) is 4.79 Å². The molecular formula is C17H23BrN2O2. The predicted octanol–water partition coefficient (Wildman–Crippen LogP) is 2.87. The van der Waals surface area contributed by atoms with Crippen LogP contribution in [0.2, 0.25) is 0 Å². The highest BCUT2D eigenvalue weighted by atomic mass is 79.9. The first-order valence-corrected chi connectivity index (χ1v) is 8.83. The Labute approximate surface area is 140 Å². The van der Waals surface area contributed by atoms with Crippen LogP contribution in [0.3, 0.4) is 0 Å². The van der Waals surface area contributed by atoms with Gasteiger partial charge in [0.15, 0.2) is 0 Å². The van der Waals surface area contributed by atoms with Gasteiger partial charge in [0.05, 0.1) is 13.2 Å². The molecule has 1 saturated heterocycles. The first-order chi connectivity index (χ1) is 10.6. The number of halogens is 1. The molecule has 0 aromatic heterocycles. The molecule has 1 heterocycles. The van der Waals surface area contributed by atoms with Crippen molar-refractivity contribution < 1.29 is 9.53 Å². The Balaban J connectivity index is 1.61. The van der Waals surface area contributed by atoms with Gasteiger partial charge in [-0.15, -0.1) is 0 Å². The maximum absolute atomic E-state index is 12.5. The minimum atomic E-state index is -0.0348. The fraction of sp³-hybridized carbons (Fsp3) is 0.588. The van der Waals surface area contributed by atoms with Crippen LogP contribution in [0.1, 0.15) is 37.4 Å². The Hall–Kier alpha value is -0.910. The van der Waals surface area contributed by atoms with Crippen molar-refractivity contribution in [3.8, 4) is 0 Å². The summed E-state index contributed by atoms with van der Waals surface area (Å²) < 4.78 is 6.89. The molecular weight excluding hydrogens is 344 g/mol.